The lowest BCUT2D eigenvalue weighted by molar-refractivity contribution is -0.139. The van der Waals surface area contributed by atoms with Crippen molar-refractivity contribution in [3.05, 3.63) is 99.5 Å². The lowest BCUT2D eigenvalue weighted by Gasteiger charge is -2.32. The van der Waals surface area contributed by atoms with Crippen LogP contribution in [0.5, 0.6) is 0 Å². The normalized spacial score (nSPS) is 11.8. The van der Waals surface area contributed by atoms with Gasteiger partial charge in [0.1, 0.15) is 6.04 Å². The Morgan fingerprint density at radius 3 is 2.23 bits per heavy atom. The second-order valence-electron chi connectivity index (χ2n) is 8.74. The standard InChI is InChI=1S/C28H30BrClN2O2S/c1-20(2)17-31-28(34)26(16-21-6-4-3-5-7-21)32(18-22-8-10-23(29)11-9-22)27(33)19-35-25-14-12-24(30)13-15-25/h3-15,20,26H,16-19H2,1-2H3,(H,31,34)/t26-/m0/s1. The Morgan fingerprint density at radius 2 is 1.60 bits per heavy atom. The van der Waals surface area contributed by atoms with E-state index >= 15 is 0 Å². The molecule has 0 aliphatic rings. The highest BCUT2D eigenvalue weighted by Crippen LogP contribution is 2.23. The summed E-state index contributed by atoms with van der Waals surface area (Å²) in [4.78, 5) is 29.7. The van der Waals surface area contributed by atoms with Gasteiger partial charge in [0.05, 0.1) is 5.75 Å². The number of amides is 2. The van der Waals surface area contributed by atoms with Gasteiger partial charge in [0, 0.05) is 33.9 Å². The number of thioether (sulfide) groups is 1. The molecule has 3 aromatic rings. The Balaban J connectivity index is 1.88. The Labute approximate surface area is 225 Å². The van der Waals surface area contributed by atoms with Crippen LogP contribution < -0.4 is 5.32 Å². The van der Waals surface area contributed by atoms with E-state index in [2.05, 4.69) is 35.1 Å². The van der Waals surface area contributed by atoms with Gasteiger partial charge in [-0.05, 0) is 53.4 Å². The van der Waals surface area contributed by atoms with E-state index in [9.17, 15) is 9.59 Å². The molecule has 3 rings (SSSR count). The zero-order chi connectivity index (χ0) is 25.2. The number of carbonyl (C=O) groups is 2. The van der Waals surface area contributed by atoms with E-state index in [-0.39, 0.29) is 17.6 Å². The van der Waals surface area contributed by atoms with Crippen molar-refractivity contribution in [3.8, 4) is 0 Å². The molecule has 0 aliphatic heterocycles. The monoisotopic (exact) mass is 572 g/mol. The average Bonchev–Trinajstić information content (AvgIpc) is 2.86. The molecule has 184 valence electrons. The first-order valence-electron chi connectivity index (χ1n) is 11.6. The van der Waals surface area contributed by atoms with Crippen LogP contribution in [0.1, 0.15) is 25.0 Å². The van der Waals surface area contributed by atoms with Crippen LogP contribution in [0, 0.1) is 5.92 Å². The van der Waals surface area contributed by atoms with Gasteiger partial charge in [0.25, 0.3) is 0 Å². The van der Waals surface area contributed by atoms with Crippen molar-refractivity contribution in [2.75, 3.05) is 12.3 Å². The summed E-state index contributed by atoms with van der Waals surface area (Å²) >= 11 is 10.9. The van der Waals surface area contributed by atoms with Gasteiger partial charge in [-0.1, -0.05) is 83.8 Å². The maximum Gasteiger partial charge on any atom is 0.243 e. The Bertz CT molecular complexity index is 1090. The molecule has 0 fully saturated rings. The molecule has 0 saturated carbocycles. The third kappa shape index (κ3) is 9.02. The molecule has 0 heterocycles. The second-order valence-corrected chi connectivity index (χ2v) is 11.1. The SMILES string of the molecule is CC(C)CNC(=O)[C@H](Cc1ccccc1)N(Cc1ccc(Br)cc1)C(=O)CSc1ccc(Cl)cc1. The number of nitrogens with one attached hydrogen (secondary N) is 1. The second kappa shape index (κ2) is 13.7. The first-order valence-corrected chi connectivity index (χ1v) is 13.7. The van der Waals surface area contributed by atoms with E-state index in [1.165, 1.54) is 11.8 Å². The van der Waals surface area contributed by atoms with Crippen molar-refractivity contribution in [1.29, 1.82) is 0 Å². The minimum atomic E-state index is -0.627. The predicted octanol–water partition coefficient (Wildman–Crippen LogP) is 6.61. The van der Waals surface area contributed by atoms with Crippen LogP contribution in [-0.4, -0.2) is 35.1 Å². The van der Waals surface area contributed by atoms with Crippen molar-refractivity contribution in [3.63, 3.8) is 0 Å². The van der Waals surface area contributed by atoms with E-state index < -0.39 is 6.04 Å². The van der Waals surface area contributed by atoms with E-state index in [0.29, 0.717) is 30.5 Å². The first-order chi connectivity index (χ1) is 16.8. The summed E-state index contributed by atoms with van der Waals surface area (Å²) in [6, 6.07) is 24.5. The van der Waals surface area contributed by atoms with Gasteiger partial charge < -0.3 is 10.2 Å². The molecular formula is C28H30BrClN2O2S. The van der Waals surface area contributed by atoms with Gasteiger partial charge in [-0.2, -0.15) is 0 Å². The van der Waals surface area contributed by atoms with Crippen molar-refractivity contribution >= 4 is 51.1 Å². The average molecular weight is 574 g/mol. The lowest BCUT2D eigenvalue weighted by Crippen LogP contribution is -2.51. The summed E-state index contributed by atoms with van der Waals surface area (Å²) in [7, 11) is 0. The number of nitrogens with zero attached hydrogens (tertiary/aromatic N) is 1. The molecule has 7 heteroatoms. The number of carbonyl (C=O) groups excluding carboxylic acids is 2. The fourth-order valence-corrected chi connectivity index (χ4v) is 4.70. The number of hydrogen-bond acceptors (Lipinski definition) is 3. The molecule has 1 N–H and O–H groups in total. The highest BCUT2D eigenvalue weighted by Gasteiger charge is 2.30. The third-order valence-electron chi connectivity index (χ3n) is 5.40. The van der Waals surface area contributed by atoms with Gasteiger partial charge in [0.15, 0.2) is 0 Å². The van der Waals surface area contributed by atoms with Gasteiger partial charge in [0.2, 0.25) is 11.8 Å². The van der Waals surface area contributed by atoms with Crippen LogP contribution in [0.15, 0.2) is 88.2 Å². The maximum atomic E-state index is 13.6. The molecule has 3 aromatic carbocycles. The first kappa shape index (κ1) is 27.3. The Hall–Kier alpha value is -2.28. The Kier molecular flexibility index (Phi) is 10.7. The molecule has 35 heavy (non-hydrogen) atoms. The molecule has 0 radical (unpaired) electrons. The van der Waals surface area contributed by atoms with E-state index in [0.717, 1.165) is 20.5 Å². The minimum Gasteiger partial charge on any atom is -0.354 e. The van der Waals surface area contributed by atoms with E-state index in [1.807, 2.05) is 78.9 Å². The van der Waals surface area contributed by atoms with Gasteiger partial charge in [-0.15, -0.1) is 11.8 Å². The topological polar surface area (TPSA) is 49.4 Å². The quantitative estimate of drug-likeness (QED) is 0.263. The zero-order valence-electron chi connectivity index (χ0n) is 19.9. The largest absolute Gasteiger partial charge is 0.354 e. The maximum absolute atomic E-state index is 13.6. The van der Waals surface area contributed by atoms with Crippen LogP contribution in [0.4, 0.5) is 0 Å². The number of hydrogen-bond donors (Lipinski definition) is 1. The molecule has 0 aliphatic carbocycles. The van der Waals surface area contributed by atoms with Crippen LogP contribution in [0.3, 0.4) is 0 Å². The number of rotatable bonds is 11. The number of benzene rings is 3. The summed E-state index contributed by atoms with van der Waals surface area (Å²) in [6.07, 6.45) is 0.443. The summed E-state index contributed by atoms with van der Waals surface area (Å²) in [5.41, 5.74) is 1.98. The molecule has 0 aromatic heterocycles. The molecule has 1 atom stereocenters. The molecular weight excluding hydrogens is 544 g/mol. The van der Waals surface area contributed by atoms with Crippen molar-refractivity contribution in [1.82, 2.24) is 10.2 Å². The predicted molar refractivity (Wildman–Crippen MR) is 149 cm³/mol. The van der Waals surface area contributed by atoms with Crippen molar-refractivity contribution in [2.24, 2.45) is 5.92 Å². The van der Waals surface area contributed by atoms with Crippen LogP contribution in [0.25, 0.3) is 0 Å². The molecule has 0 saturated heterocycles. The highest BCUT2D eigenvalue weighted by molar-refractivity contribution is 9.10. The molecule has 0 bridgehead atoms. The lowest BCUT2D eigenvalue weighted by atomic mass is 10.0. The van der Waals surface area contributed by atoms with Gasteiger partial charge >= 0.3 is 0 Å². The van der Waals surface area contributed by atoms with E-state index in [4.69, 9.17) is 11.6 Å². The molecule has 4 nitrogen and oxygen atoms in total. The van der Waals surface area contributed by atoms with Crippen LogP contribution >= 0.6 is 39.3 Å². The highest BCUT2D eigenvalue weighted by atomic mass is 79.9. The van der Waals surface area contributed by atoms with Crippen molar-refractivity contribution in [2.45, 2.75) is 37.8 Å². The molecule has 0 unspecified atom stereocenters. The fourth-order valence-electron chi connectivity index (χ4n) is 3.52. The zero-order valence-corrected chi connectivity index (χ0v) is 23.1. The minimum absolute atomic E-state index is 0.0894. The fraction of sp³-hybridized carbons (Fsp3) is 0.286. The molecule has 2 amide bonds. The molecule has 0 spiro atoms. The van der Waals surface area contributed by atoms with Crippen LogP contribution in [-0.2, 0) is 22.6 Å². The van der Waals surface area contributed by atoms with Crippen LogP contribution in [0.2, 0.25) is 5.02 Å². The van der Waals surface area contributed by atoms with E-state index in [1.54, 1.807) is 4.90 Å². The summed E-state index contributed by atoms with van der Waals surface area (Å²) in [5, 5.41) is 3.71. The smallest absolute Gasteiger partial charge is 0.243 e. The summed E-state index contributed by atoms with van der Waals surface area (Å²) in [5.74, 6) is 0.311. The van der Waals surface area contributed by atoms with Gasteiger partial charge in [-0.25, -0.2) is 0 Å². The number of halogens is 2. The summed E-state index contributed by atoms with van der Waals surface area (Å²) in [6.45, 7) is 5.02. The van der Waals surface area contributed by atoms with Gasteiger partial charge in [-0.3, -0.25) is 9.59 Å². The van der Waals surface area contributed by atoms with Crippen molar-refractivity contribution < 1.29 is 9.59 Å². The summed E-state index contributed by atoms with van der Waals surface area (Å²) < 4.78 is 0.966. The third-order valence-corrected chi connectivity index (χ3v) is 7.18. The Morgan fingerprint density at radius 1 is 0.943 bits per heavy atom.